The SMILES string of the molecule is CCCCCCCCCCCCCCCCS(=O)(=O)O.O=C([O-])CCC(=O)[O-].[Na+].[Na+]. The van der Waals surface area contributed by atoms with Gasteiger partial charge in [0.25, 0.3) is 10.1 Å². The zero-order chi connectivity index (χ0) is 21.7. The van der Waals surface area contributed by atoms with Crippen molar-refractivity contribution in [2.24, 2.45) is 0 Å². The van der Waals surface area contributed by atoms with Gasteiger partial charge in [-0.15, -0.1) is 0 Å². The van der Waals surface area contributed by atoms with Crippen LogP contribution in [0.15, 0.2) is 0 Å². The number of aliphatic carboxylic acids is 2. The maximum Gasteiger partial charge on any atom is 1.00 e. The van der Waals surface area contributed by atoms with Gasteiger partial charge in [0, 0.05) is 11.9 Å². The molecule has 0 aliphatic heterocycles. The van der Waals surface area contributed by atoms with E-state index in [1.165, 1.54) is 70.6 Å². The zero-order valence-electron chi connectivity index (χ0n) is 19.3. The summed E-state index contributed by atoms with van der Waals surface area (Å²) in [4.78, 5) is 19.0. The standard InChI is InChI=1S/C16H34O3S.C4H6O4.2Na/c1-2-3-4-5-6-7-8-9-10-11-12-13-14-15-16-20(17,18)19;5-3(6)1-2-4(7)8;;/h2-16H2,1H3,(H,17,18,19);1-2H2,(H,5,6)(H,7,8);;/q;;2*+1/p-2. The number of hydrogen-bond donors (Lipinski definition) is 1. The summed E-state index contributed by atoms with van der Waals surface area (Å²) in [6, 6.07) is 0. The first-order chi connectivity index (χ1) is 13.2. The van der Waals surface area contributed by atoms with E-state index in [2.05, 4.69) is 6.92 Å². The van der Waals surface area contributed by atoms with Gasteiger partial charge >= 0.3 is 59.1 Å². The molecule has 0 atom stereocenters. The van der Waals surface area contributed by atoms with Crippen LogP contribution >= 0.6 is 0 Å². The third kappa shape index (κ3) is 42.9. The van der Waals surface area contributed by atoms with E-state index < -0.39 is 34.9 Å². The molecule has 0 aliphatic carbocycles. The Morgan fingerprint density at radius 3 is 1.13 bits per heavy atom. The molecule has 0 aliphatic rings. The predicted octanol–water partition coefficient (Wildman–Crippen LogP) is -3.37. The molecule has 0 saturated heterocycles. The zero-order valence-corrected chi connectivity index (χ0v) is 24.1. The van der Waals surface area contributed by atoms with Gasteiger partial charge in [0.15, 0.2) is 0 Å². The summed E-state index contributed by atoms with van der Waals surface area (Å²) in [6.45, 7) is 2.25. The number of carboxylic acids is 2. The fourth-order valence-corrected chi connectivity index (χ4v) is 3.25. The van der Waals surface area contributed by atoms with Crippen LogP contribution in [0.1, 0.15) is 110 Å². The second-order valence-corrected chi connectivity index (χ2v) is 8.70. The van der Waals surface area contributed by atoms with Crippen LogP contribution in [0.25, 0.3) is 0 Å². The van der Waals surface area contributed by atoms with Gasteiger partial charge < -0.3 is 19.8 Å². The average Bonchev–Trinajstić information content (AvgIpc) is 2.60. The average molecular weight is 469 g/mol. The van der Waals surface area contributed by atoms with Crippen molar-refractivity contribution in [2.45, 2.75) is 110 Å². The minimum absolute atomic E-state index is 0. The third-order valence-electron chi connectivity index (χ3n) is 4.29. The number of rotatable bonds is 18. The van der Waals surface area contributed by atoms with Crippen LogP contribution in [0, 0.1) is 0 Å². The molecule has 0 unspecified atom stereocenters. The Hall–Kier alpha value is 0.850. The molecule has 0 spiro atoms. The van der Waals surface area contributed by atoms with Crippen LogP contribution in [-0.4, -0.2) is 30.7 Å². The van der Waals surface area contributed by atoms with Crippen molar-refractivity contribution in [3.05, 3.63) is 0 Å². The summed E-state index contributed by atoms with van der Waals surface area (Å²) >= 11 is 0. The quantitative estimate of drug-likeness (QED) is 0.126. The molecule has 30 heavy (non-hydrogen) atoms. The van der Waals surface area contributed by atoms with Gasteiger partial charge in [-0.3, -0.25) is 4.55 Å². The first kappa shape index (κ1) is 38.1. The summed E-state index contributed by atoms with van der Waals surface area (Å²) in [6.07, 6.45) is 16.5. The maximum atomic E-state index is 10.5. The van der Waals surface area contributed by atoms with Crippen molar-refractivity contribution in [1.82, 2.24) is 0 Å². The molecule has 0 aromatic heterocycles. The Morgan fingerprint density at radius 2 is 0.900 bits per heavy atom. The van der Waals surface area contributed by atoms with Gasteiger partial charge in [-0.2, -0.15) is 8.42 Å². The van der Waals surface area contributed by atoms with Crippen molar-refractivity contribution in [3.8, 4) is 0 Å². The molecular formula is C20H38Na2O7S. The first-order valence-corrected chi connectivity index (χ1v) is 12.1. The van der Waals surface area contributed by atoms with E-state index >= 15 is 0 Å². The maximum absolute atomic E-state index is 10.5. The molecule has 7 nitrogen and oxygen atoms in total. The van der Waals surface area contributed by atoms with Crippen molar-refractivity contribution in [1.29, 1.82) is 0 Å². The van der Waals surface area contributed by atoms with Crippen LogP contribution in [0.2, 0.25) is 0 Å². The van der Waals surface area contributed by atoms with Crippen LogP contribution < -0.4 is 69.3 Å². The molecule has 0 radical (unpaired) electrons. The molecular weight excluding hydrogens is 430 g/mol. The van der Waals surface area contributed by atoms with Gasteiger partial charge in [-0.1, -0.05) is 90.4 Å². The third-order valence-corrected chi connectivity index (χ3v) is 5.09. The summed E-state index contributed by atoms with van der Waals surface area (Å²) in [7, 11) is -3.74. The number of carbonyl (C=O) groups is 2. The Morgan fingerprint density at radius 1 is 0.633 bits per heavy atom. The van der Waals surface area contributed by atoms with Crippen LogP contribution in [0.4, 0.5) is 0 Å². The summed E-state index contributed by atoms with van der Waals surface area (Å²) < 4.78 is 29.6. The Bertz CT molecular complexity index is 472. The van der Waals surface area contributed by atoms with Gasteiger partial charge in [-0.25, -0.2) is 0 Å². The summed E-state index contributed by atoms with van der Waals surface area (Å²) in [5.41, 5.74) is 0. The largest absolute Gasteiger partial charge is 1.00 e. The summed E-state index contributed by atoms with van der Waals surface area (Å²) in [5.74, 6) is -2.81. The molecule has 0 rings (SSSR count). The molecule has 0 amide bonds. The number of unbranched alkanes of at least 4 members (excludes halogenated alkanes) is 13. The second kappa shape index (κ2) is 27.9. The predicted molar refractivity (Wildman–Crippen MR) is 106 cm³/mol. The fourth-order valence-electron chi connectivity index (χ4n) is 2.68. The van der Waals surface area contributed by atoms with Crippen molar-refractivity contribution in [3.63, 3.8) is 0 Å². The van der Waals surface area contributed by atoms with E-state index in [0.29, 0.717) is 6.42 Å². The molecule has 0 aromatic carbocycles. The smallest absolute Gasteiger partial charge is 0.550 e. The van der Waals surface area contributed by atoms with Gasteiger partial charge in [0.2, 0.25) is 0 Å². The van der Waals surface area contributed by atoms with Gasteiger partial charge in [0.1, 0.15) is 0 Å². The normalized spacial score (nSPS) is 10.2. The number of carboxylic acid groups (broad SMARTS) is 2. The van der Waals surface area contributed by atoms with E-state index in [4.69, 9.17) is 4.55 Å². The minimum Gasteiger partial charge on any atom is -0.550 e. The molecule has 0 saturated carbocycles. The number of carbonyl (C=O) groups excluding carboxylic acids is 2. The van der Waals surface area contributed by atoms with Crippen molar-refractivity contribution < 1.29 is 91.9 Å². The number of hydrogen-bond acceptors (Lipinski definition) is 6. The van der Waals surface area contributed by atoms with Crippen LogP contribution in [0.3, 0.4) is 0 Å². The van der Waals surface area contributed by atoms with Crippen LogP contribution in [0.5, 0.6) is 0 Å². The first-order valence-electron chi connectivity index (χ1n) is 10.5. The van der Waals surface area contributed by atoms with Crippen molar-refractivity contribution >= 4 is 22.1 Å². The van der Waals surface area contributed by atoms with Crippen LogP contribution in [-0.2, 0) is 19.7 Å². The topological polar surface area (TPSA) is 135 Å². The minimum atomic E-state index is -3.74. The monoisotopic (exact) mass is 468 g/mol. The van der Waals surface area contributed by atoms with Crippen molar-refractivity contribution in [2.75, 3.05) is 5.75 Å². The van der Waals surface area contributed by atoms with Gasteiger partial charge in [-0.05, 0) is 19.3 Å². The molecule has 168 valence electrons. The van der Waals surface area contributed by atoms with Gasteiger partial charge in [0.05, 0.1) is 5.75 Å². The molecule has 0 fully saturated rings. The van der Waals surface area contributed by atoms with E-state index in [1.807, 2.05) is 0 Å². The van der Waals surface area contributed by atoms with E-state index in [0.717, 1.165) is 12.8 Å². The second-order valence-electron chi connectivity index (χ2n) is 7.13. The van der Waals surface area contributed by atoms with E-state index in [1.54, 1.807) is 0 Å². The molecule has 0 bridgehead atoms. The Kier molecular flexibility index (Phi) is 35.4. The Labute approximate surface area is 227 Å². The fraction of sp³-hybridized carbons (Fsp3) is 0.900. The van der Waals surface area contributed by atoms with E-state index in [-0.39, 0.29) is 64.9 Å². The molecule has 1 N–H and O–H groups in total. The summed E-state index contributed by atoms with van der Waals surface area (Å²) in [5, 5.41) is 19.0. The van der Waals surface area contributed by atoms with E-state index in [9.17, 15) is 28.2 Å². The molecule has 0 aromatic rings. The Balaban J connectivity index is -0.000000288. The molecule has 0 heterocycles. The molecule has 10 heteroatoms.